The first-order valence-corrected chi connectivity index (χ1v) is 7.19. The maximum atomic E-state index is 11.9. The minimum atomic E-state index is -0.771. The summed E-state index contributed by atoms with van der Waals surface area (Å²) in [5.41, 5.74) is -0.771. The number of anilines is 1. The van der Waals surface area contributed by atoms with Crippen LogP contribution in [-0.2, 0) is 9.53 Å². The highest BCUT2D eigenvalue weighted by Crippen LogP contribution is 2.28. The van der Waals surface area contributed by atoms with Gasteiger partial charge in [0.2, 0.25) is 0 Å². The van der Waals surface area contributed by atoms with E-state index in [1.807, 2.05) is 19.9 Å². The van der Waals surface area contributed by atoms with Crippen molar-refractivity contribution in [2.45, 2.75) is 32.2 Å². The van der Waals surface area contributed by atoms with Crippen molar-refractivity contribution in [2.24, 2.45) is 0 Å². The summed E-state index contributed by atoms with van der Waals surface area (Å²) in [5.74, 6) is 0.334. The van der Waals surface area contributed by atoms with Crippen molar-refractivity contribution in [1.29, 1.82) is 0 Å². The van der Waals surface area contributed by atoms with Crippen molar-refractivity contribution in [3.63, 3.8) is 0 Å². The number of halogens is 2. The average Bonchev–Trinajstić information content (AvgIpc) is 2.32. The lowest BCUT2D eigenvalue weighted by atomic mass is 9.96. The fourth-order valence-electron chi connectivity index (χ4n) is 1.71. The van der Waals surface area contributed by atoms with Crippen molar-refractivity contribution in [1.82, 2.24) is 4.98 Å². The smallest absolute Gasteiger partial charge is 0.331 e. The lowest BCUT2D eigenvalue weighted by molar-refractivity contribution is -0.145. The number of hydrogen-bond acceptors (Lipinski definition) is 4. The number of carbonyl (C=O) groups excluding carboxylic acids is 1. The third-order valence-corrected chi connectivity index (χ3v) is 3.63. The molecule has 100 valence electrons. The molecule has 1 heterocycles. The summed E-state index contributed by atoms with van der Waals surface area (Å²) in [6.45, 7) is 3.84. The molecular formula is C12H16Br2N2O2. The lowest BCUT2D eigenvalue weighted by Gasteiger charge is -2.28. The Morgan fingerprint density at radius 3 is 2.72 bits per heavy atom. The standard InChI is InChI=1S/C12H16Br2N2O2/c1-4-5-12(2,11(17)18-3)16-10-9(14)6-8(13)7-15-10/h6-7H,4-5H2,1-3H3,(H,15,16). The third-order valence-electron chi connectivity index (χ3n) is 2.59. The molecule has 1 aromatic heterocycles. The first kappa shape index (κ1) is 15.4. The van der Waals surface area contributed by atoms with Crippen LogP contribution in [0.25, 0.3) is 0 Å². The van der Waals surface area contributed by atoms with Crippen LogP contribution in [0.5, 0.6) is 0 Å². The van der Waals surface area contributed by atoms with E-state index in [0.717, 1.165) is 15.4 Å². The van der Waals surface area contributed by atoms with Gasteiger partial charge in [-0.25, -0.2) is 9.78 Å². The number of aromatic nitrogens is 1. The van der Waals surface area contributed by atoms with Gasteiger partial charge >= 0.3 is 5.97 Å². The van der Waals surface area contributed by atoms with Gasteiger partial charge in [0.25, 0.3) is 0 Å². The minimum Gasteiger partial charge on any atom is -0.467 e. The van der Waals surface area contributed by atoms with E-state index in [1.54, 1.807) is 6.20 Å². The fraction of sp³-hybridized carbons (Fsp3) is 0.500. The molecule has 0 aliphatic heterocycles. The van der Waals surface area contributed by atoms with E-state index in [9.17, 15) is 4.79 Å². The number of carbonyl (C=O) groups is 1. The number of hydrogen-bond donors (Lipinski definition) is 1. The summed E-state index contributed by atoms with van der Waals surface area (Å²) in [6.07, 6.45) is 3.22. The number of ether oxygens (including phenoxy) is 1. The van der Waals surface area contributed by atoms with Gasteiger partial charge in [0.05, 0.1) is 11.6 Å². The van der Waals surface area contributed by atoms with Crippen LogP contribution in [0.4, 0.5) is 5.82 Å². The number of rotatable bonds is 5. The zero-order chi connectivity index (χ0) is 13.8. The Labute approximate surface area is 124 Å². The Morgan fingerprint density at radius 1 is 1.56 bits per heavy atom. The van der Waals surface area contributed by atoms with Crippen LogP contribution in [0.1, 0.15) is 26.7 Å². The highest BCUT2D eigenvalue weighted by Gasteiger charge is 2.34. The van der Waals surface area contributed by atoms with Crippen LogP contribution in [-0.4, -0.2) is 23.6 Å². The molecule has 0 radical (unpaired) electrons. The monoisotopic (exact) mass is 378 g/mol. The molecule has 0 aliphatic carbocycles. The summed E-state index contributed by atoms with van der Waals surface area (Å²) < 4.78 is 6.52. The molecule has 0 saturated carbocycles. The maximum absolute atomic E-state index is 11.9. The van der Waals surface area contributed by atoms with E-state index in [-0.39, 0.29) is 5.97 Å². The van der Waals surface area contributed by atoms with Crippen LogP contribution in [0, 0.1) is 0 Å². The van der Waals surface area contributed by atoms with Gasteiger partial charge in [0.15, 0.2) is 0 Å². The third kappa shape index (κ3) is 3.68. The van der Waals surface area contributed by atoms with Crippen LogP contribution in [0.3, 0.4) is 0 Å². The minimum absolute atomic E-state index is 0.291. The van der Waals surface area contributed by atoms with E-state index >= 15 is 0 Å². The zero-order valence-electron chi connectivity index (χ0n) is 10.6. The number of pyridine rings is 1. The zero-order valence-corrected chi connectivity index (χ0v) is 13.8. The maximum Gasteiger partial charge on any atom is 0.331 e. The van der Waals surface area contributed by atoms with E-state index in [1.165, 1.54) is 7.11 Å². The normalized spacial score (nSPS) is 13.8. The van der Waals surface area contributed by atoms with E-state index in [0.29, 0.717) is 12.2 Å². The van der Waals surface area contributed by atoms with Crippen LogP contribution in [0.2, 0.25) is 0 Å². The number of methoxy groups -OCH3 is 1. The second kappa shape index (κ2) is 6.52. The molecule has 0 fully saturated rings. The molecule has 0 spiro atoms. The SMILES string of the molecule is CCCC(C)(Nc1ncc(Br)cc1Br)C(=O)OC. The fourth-order valence-corrected chi connectivity index (χ4v) is 2.80. The van der Waals surface area contributed by atoms with Gasteiger partial charge in [-0.1, -0.05) is 13.3 Å². The quantitative estimate of drug-likeness (QED) is 0.791. The first-order chi connectivity index (χ1) is 8.42. The predicted molar refractivity (Wildman–Crippen MR) is 78.6 cm³/mol. The molecule has 1 rings (SSSR count). The Hall–Kier alpha value is -0.620. The van der Waals surface area contributed by atoms with Gasteiger partial charge in [-0.3, -0.25) is 0 Å². The van der Waals surface area contributed by atoms with Crippen molar-refractivity contribution in [2.75, 3.05) is 12.4 Å². The van der Waals surface area contributed by atoms with Crippen molar-refractivity contribution in [3.8, 4) is 0 Å². The van der Waals surface area contributed by atoms with E-state index in [4.69, 9.17) is 4.74 Å². The van der Waals surface area contributed by atoms with Crippen LogP contribution >= 0.6 is 31.9 Å². The summed E-state index contributed by atoms with van der Waals surface area (Å²) >= 11 is 6.75. The summed E-state index contributed by atoms with van der Waals surface area (Å²) in [7, 11) is 1.39. The molecule has 0 amide bonds. The highest BCUT2D eigenvalue weighted by atomic mass is 79.9. The van der Waals surface area contributed by atoms with Crippen molar-refractivity contribution < 1.29 is 9.53 Å². The van der Waals surface area contributed by atoms with Gasteiger partial charge in [0, 0.05) is 10.7 Å². The highest BCUT2D eigenvalue weighted by molar-refractivity contribution is 9.11. The molecule has 6 heteroatoms. The topological polar surface area (TPSA) is 51.2 Å². The second-order valence-electron chi connectivity index (χ2n) is 4.18. The van der Waals surface area contributed by atoms with Crippen molar-refractivity contribution >= 4 is 43.6 Å². The predicted octanol–water partition coefficient (Wildman–Crippen LogP) is 3.75. The molecule has 1 aromatic rings. The molecule has 1 atom stereocenters. The second-order valence-corrected chi connectivity index (χ2v) is 5.95. The van der Waals surface area contributed by atoms with Gasteiger partial charge in [-0.2, -0.15) is 0 Å². The van der Waals surface area contributed by atoms with Crippen LogP contribution in [0.15, 0.2) is 21.2 Å². The summed E-state index contributed by atoms with van der Waals surface area (Å²) in [6, 6.07) is 1.87. The summed E-state index contributed by atoms with van der Waals surface area (Å²) in [5, 5.41) is 3.15. The Kier molecular flexibility index (Phi) is 5.59. The molecule has 0 aromatic carbocycles. The van der Waals surface area contributed by atoms with Gasteiger partial charge < -0.3 is 10.1 Å². The molecule has 0 saturated heterocycles. The molecule has 1 N–H and O–H groups in total. The average molecular weight is 380 g/mol. The molecule has 18 heavy (non-hydrogen) atoms. The molecule has 1 unspecified atom stereocenters. The van der Waals surface area contributed by atoms with Gasteiger partial charge in [-0.05, 0) is 51.3 Å². The molecule has 4 nitrogen and oxygen atoms in total. The number of nitrogens with zero attached hydrogens (tertiary/aromatic N) is 1. The Balaban J connectivity index is 2.99. The van der Waals surface area contributed by atoms with E-state index < -0.39 is 5.54 Å². The molecule has 0 bridgehead atoms. The largest absolute Gasteiger partial charge is 0.467 e. The molecular weight excluding hydrogens is 364 g/mol. The Bertz CT molecular complexity index is 440. The lowest BCUT2D eigenvalue weighted by Crippen LogP contribution is -2.44. The van der Waals surface area contributed by atoms with Gasteiger partial charge in [-0.15, -0.1) is 0 Å². The molecule has 0 aliphatic rings. The Morgan fingerprint density at radius 2 is 2.22 bits per heavy atom. The number of nitrogens with one attached hydrogen (secondary N) is 1. The van der Waals surface area contributed by atoms with Crippen LogP contribution < -0.4 is 5.32 Å². The van der Waals surface area contributed by atoms with Gasteiger partial charge in [0.1, 0.15) is 11.4 Å². The first-order valence-electron chi connectivity index (χ1n) is 5.60. The van der Waals surface area contributed by atoms with E-state index in [2.05, 4.69) is 42.2 Å². The van der Waals surface area contributed by atoms with Crippen molar-refractivity contribution in [3.05, 3.63) is 21.2 Å². The summed E-state index contributed by atoms with van der Waals surface area (Å²) in [4.78, 5) is 16.1. The number of esters is 1.